The maximum absolute atomic E-state index is 12.8. The third kappa shape index (κ3) is 3.82. The first kappa shape index (κ1) is 17.3. The number of carboxylic acid groups (broad SMARTS) is 1. The molecule has 1 aromatic heterocycles. The summed E-state index contributed by atoms with van der Waals surface area (Å²) in [7, 11) is -4.16. The molecule has 0 aliphatic heterocycles. The van der Waals surface area contributed by atoms with Crippen LogP contribution in [0.25, 0.3) is 0 Å². The fourth-order valence-corrected chi connectivity index (χ4v) is 3.97. The zero-order valence-corrected chi connectivity index (χ0v) is 13.1. The number of hydrogen-bond donors (Lipinski definition) is 2. The van der Waals surface area contributed by atoms with Gasteiger partial charge < -0.3 is 5.11 Å². The molecule has 124 valence electrons. The number of alkyl halides is 3. The number of anilines is 1. The highest BCUT2D eigenvalue weighted by Gasteiger charge is 2.33. The summed E-state index contributed by atoms with van der Waals surface area (Å²) in [5, 5.41) is 9.91. The van der Waals surface area contributed by atoms with Crippen molar-refractivity contribution >= 4 is 33.0 Å². The first-order chi connectivity index (χ1) is 10.5. The van der Waals surface area contributed by atoms with E-state index in [0.29, 0.717) is 17.4 Å². The number of rotatable bonds is 4. The molecule has 2 rings (SSSR count). The lowest BCUT2D eigenvalue weighted by Gasteiger charge is -2.13. The van der Waals surface area contributed by atoms with Gasteiger partial charge in [-0.25, -0.2) is 13.2 Å². The zero-order valence-electron chi connectivity index (χ0n) is 11.5. The molecule has 0 saturated heterocycles. The molecule has 2 N–H and O–H groups in total. The molecular weight excluding hydrogens is 355 g/mol. The van der Waals surface area contributed by atoms with E-state index >= 15 is 0 Å². The van der Waals surface area contributed by atoms with E-state index in [2.05, 4.69) is 0 Å². The van der Waals surface area contributed by atoms with Gasteiger partial charge in [-0.05, 0) is 30.7 Å². The minimum Gasteiger partial charge on any atom is -0.478 e. The normalized spacial score (nSPS) is 12.2. The van der Waals surface area contributed by atoms with Gasteiger partial charge in [-0.15, -0.1) is 11.3 Å². The average molecular weight is 365 g/mol. The molecular formula is C13H10F3NO4S2. The second-order valence-electron chi connectivity index (χ2n) is 4.59. The van der Waals surface area contributed by atoms with Crippen LogP contribution in [0.4, 0.5) is 18.9 Å². The van der Waals surface area contributed by atoms with E-state index in [-0.39, 0.29) is 21.0 Å². The fourth-order valence-electron chi connectivity index (χ4n) is 1.77. The van der Waals surface area contributed by atoms with Crippen LogP contribution >= 0.6 is 11.3 Å². The Bertz CT molecular complexity index is 856. The number of carbonyl (C=O) groups is 1. The summed E-state index contributed by atoms with van der Waals surface area (Å²) in [6, 6.07) is 3.98. The van der Waals surface area contributed by atoms with Crippen molar-refractivity contribution in [2.24, 2.45) is 0 Å². The van der Waals surface area contributed by atoms with Crippen molar-refractivity contribution in [3.05, 3.63) is 46.3 Å². The Hall–Kier alpha value is -2.07. The molecule has 0 fully saturated rings. The maximum atomic E-state index is 12.8. The van der Waals surface area contributed by atoms with Gasteiger partial charge in [0.2, 0.25) is 0 Å². The standard InChI is InChI=1S/C13H10F3NO4S2/c1-7-2-3-9(5-10(7)13(14,15)16)17-23(20,21)11-4-8(6-22-11)12(18)19/h2-6,17H,1H3,(H,18,19). The number of nitrogens with one attached hydrogen (secondary N) is 1. The van der Waals surface area contributed by atoms with Crippen LogP contribution in [-0.2, 0) is 16.2 Å². The first-order valence-corrected chi connectivity index (χ1v) is 8.39. The van der Waals surface area contributed by atoms with Gasteiger partial charge in [-0.3, -0.25) is 4.72 Å². The second kappa shape index (κ2) is 5.85. The number of benzene rings is 1. The number of aromatic carboxylic acids is 1. The molecule has 0 amide bonds. The monoisotopic (exact) mass is 365 g/mol. The predicted molar refractivity (Wildman–Crippen MR) is 78.3 cm³/mol. The molecule has 2 aromatic rings. The van der Waals surface area contributed by atoms with Crippen molar-refractivity contribution < 1.29 is 31.5 Å². The third-order valence-corrected chi connectivity index (χ3v) is 5.70. The zero-order chi connectivity index (χ0) is 17.4. The van der Waals surface area contributed by atoms with Crippen molar-refractivity contribution in [3.8, 4) is 0 Å². The first-order valence-electron chi connectivity index (χ1n) is 6.03. The SMILES string of the molecule is Cc1ccc(NS(=O)(=O)c2cc(C(=O)O)cs2)cc1C(F)(F)F. The number of carboxylic acids is 1. The smallest absolute Gasteiger partial charge is 0.416 e. The van der Waals surface area contributed by atoms with Crippen LogP contribution < -0.4 is 4.72 Å². The van der Waals surface area contributed by atoms with E-state index in [1.54, 1.807) is 0 Å². The van der Waals surface area contributed by atoms with E-state index in [1.165, 1.54) is 13.0 Å². The van der Waals surface area contributed by atoms with Gasteiger partial charge in [0.05, 0.1) is 11.1 Å². The van der Waals surface area contributed by atoms with Crippen molar-refractivity contribution in [1.29, 1.82) is 0 Å². The van der Waals surface area contributed by atoms with Gasteiger partial charge in [-0.1, -0.05) is 6.07 Å². The van der Waals surface area contributed by atoms with Crippen molar-refractivity contribution in [2.75, 3.05) is 4.72 Å². The van der Waals surface area contributed by atoms with E-state index < -0.39 is 27.7 Å². The van der Waals surface area contributed by atoms with Crippen LogP contribution in [-0.4, -0.2) is 19.5 Å². The molecule has 0 bridgehead atoms. The Labute approximate surface area is 133 Å². The summed E-state index contributed by atoms with van der Waals surface area (Å²) >= 11 is 0.663. The van der Waals surface area contributed by atoms with E-state index in [1.807, 2.05) is 4.72 Å². The molecule has 0 saturated carbocycles. The van der Waals surface area contributed by atoms with Crippen molar-refractivity contribution in [3.63, 3.8) is 0 Å². The number of aryl methyl sites for hydroxylation is 1. The fraction of sp³-hybridized carbons (Fsp3) is 0.154. The van der Waals surface area contributed by atoms with E-state index in [9.17, 15) is 26.4 Å². The molecule has 23 heavy (non-hydrogen) atoms. The Balaban J connectivity index is 2.35. The summed E-state index contributed by atoms with van der Waals surface area (Å²) in [5.74, 6) is -1.29. The molecule has 0 aliphatic rings. The van der Waals surface area contributed by atoms with Gasteiger partial charge in [0.1, 0.15) is 4.21 Å². The van der Waals surface area contributed by atoms with Gasteiger partial charge in [0.15, 0.2) is 0 Å². The second-order valence-corrected chi connectivity index (χ2v) is 7.41. The highest BCUT2D eigenvalue weighted by Crippen LogP contribution is 2.34. The number of sulfonamides is 1. The Morgan fingerprint density at radius 3 is 2.43 bits per heavy atom. The maximum Gasteiger partial charge on any atom is 0.416 e. The lowest BCUT2D eigenvalue weighted by atomic mass is 10.1. The lowest BCUT2D eigenvalue weighted by Crippen LogP contribution is -2.13. The minimum absolute atomic E-state index is 0.0373. The predicted octanol–water partition coefficient (Wildman–Crippen LogP) is 3.57. The summed E-state index contributed by atoms with van der Waals surface area (Å²) < 4.78 is 64.4. The molecule has 0 spiro atoms. The summed E-state index contributed by atoms with van der Waals surface area (Å²) in [6.07, 6.45) is -4.61. The summed E-state index contributed by atoms with van der Waals surface area (Å²) in [5.41, 5.74) is -1.46. The summed E-state index contributed by atoms with van der Waals surface area (Å²) in [6.45, 7) is 1.26. The van der Waals surface area contributed by atoms with Gasteiger partial charge in [-0.2, -0.15) is 13.2 Å². The average Bonchev–Trinajstić information content (AvgIpc) is 2.90. The largest absolute Gasteiger partial charge is 0.478 e. The molecule has 1 heterocycles. The molecule has 0 atom stereocenters. The molecule has 0 unspecified atom stereocenters. The van der Waals surface area contributed by atoms with E-state index in [4.69, 9.17) is 5.11 Å². The third-order valence-electron chi connectivity index (χ3n) is 2.88. The molecule has 0 aliphatic carbocycles. The number of hydrogen-bond acceptors (Lipinski definition) is 4. The van der Waals surface area contributed by atoms with Crippen LogP contribution in [0.5, 0.6) is 0 Å². The Morgan fingerprint density at radius 2 is 1.91 bits per heavy atom. The van der Waals surface area contributed by atoms with Gasteiger partial charge >= 0.3 is 12.1 Å². The van der Waals surface area contributed by atoms with Crippen LogP contribution in [0.3, 0.4) is 0 Å². The highest BCUT2D eigenvalue weighted by molar-refractivity contribution is 7.94. The van der Waals surface area contributed by atoms with Crippen LogP contribution in [0.1, 0.15) is 21.5 Å². The quantitative estimate of drug-likeness (QED) is 0.868. The van der Waals surface area contributed by atoms with Crippen molar-refractivity contribution in [2.45, 2.75) is 17.3 Å². The van der Waals surface area contributed by atoms with Gasteiger partial charge in [0, 0.05) is 11.1 Å². The van der Waals surface area contributed by atoms with Crippen LogP contribution in [0.15, 0.2) is 33.9 Å². The topological polar surface area (TPSA) is 83.5 Å². The molecule has 10 heteroatoms. The van der Waals surface area contributed by atoms with Crippen LogP contribution in [0.2, 0.25) is 0 Å². The van der Waals surface area contributed by atoms with Crippen molar-refractivity contribution in [1.82, 2.24) is 0 Å². The molecule has 5 nitrogen and oxygen atoms in total. The minimum atomic E-state index is -4.61. The summed E-state index contributed by atoms with van der Waals surface area (Å²) in [4.78, 5) is 10.8. The molecule has 0 radical (unpaired) electrons. The van der Waals surface area contributed by atoms with Gasteiger partial charge in [0.25, 0.3) is 10.0 Å². The van der Waals surface area contributed by atoms with Crippen LogP contribution in [0, 0.1) is 6.92 Å². The number of halogens is 3. The lowest BCUT2D eigenvalue weighted by molar-refractivity contribution is -0.138. The Kier molecular flexibility index (Phi) is 4.40. The Morgan fingerprint density at radius 1 is 1.26 bits per heavy atom. The highest BCUT2D eigenvalue weighted by atomic mass is 32.2. The number of thiophene rings is 1. The van der Waals surface area contributed by atoms with E-state index in [0.717, 1.165) is 17.5 Å². The molecule has 1 aromatic carbocycles.